The van der Waals surface area contributed by atoms with Crippen molar-refractivity contribution < 1.29 is 19.5 Å². The fraction of sp³-hybridized carbons (Fsp3) is 0.208. The third-order valence-corrected chi connectivity index (χ3v) is 4.93. The molecule has 158 valence electrons. The Kier molecular flexibility index (Phi) is 7.35. The number of aryl methyl sites for hydroxylation is 1. The highest BCUT2D eigenvalue weighted by Gasteiger charge is 2.33. The third-order valence-electron chi connectivity index (χ3n) is 4.93. The fourth-order valence-corrected chi connectivity index (χ4v) is 3.29. The first-order chi connectivity index (χ1) is 15.0. The molecule has 3 rings (SSSR count). The summed E-state index contributed by atoms with van der Waals surface area (Å²) >= 11 is 0. The lowest BCUT2D eigenvalue weighted by Gasteiger charge is -2.25. The van der Waals surface area contributed by atoms with Gasteiger partial charge in [0.05, 0.1) is 0 Å². The van der Waals surface area contributed by atoms with Crippen molar-refractivity contribution in [1.29, 1.82) is 0 Å². The fourth-order valence-electron chi connectivity index (χ4n) is 3.29. The van der Waals surface area contributed by atoms with E-state index < -0.39 is 30.1 Å². The number of likely N-dealkylation sites (N-methyl/N-ethyl adjacent to an activating group) is 1. The van der Waals surface area contributed by atoms with Crippen LogP contribution in [0, 0.1) is 0 Å². The first kappa shape index (κ1) is 22.0. The van der Waals surface area contributed by atoms with Crippen molar-refractivity contribution in [3.05, 3.63) is 84.4 Å². The van der Waals surface area contributed by atoms with E-state index >= 15 is 0 Å². The molecule has 0 aliphatic heterocycles. The van der Waals surface area contributed by atoms with Gasteiger partial charge in [-0.25, -0.2) is 9.97 Å². The number of aromatic nitrogens is 2. The molecule has 0 radical (unpaired) electrons. The number of carbonyl (C=O) groups excluding carboxylic acids is 3. The highest BCUT2D eigenvalue weighted by atomic mass is 16.3. The summed E-state index contributed by atoms with van der Waals surface area (Å²) in [6, 6.07) is 17.0. The van der Waals surface area contributed by atoms with Gasteiger partial charge in [0.2, 0.25) is 0 Å². The van der Waals surface area contributed by atoms with Gasteiger partial charge in [0.15, 0.2) is 17.6 Å². The zero-order valence-electron chi connectivity index (χ0n) is 17.1. The largest absolute Gasteiger partial charge is 0.388 e. The molecule has 0 bridgehead atoms. The number of rotatable bonds is 9. The quantitative estimate of drug-likeness (QED) is 0.537. The molecule has 0 saturated heterocycles. The van der Waals surface area contributed by atoms with E-state index in [1.807, 2.05) is 42.5 Å². The minimum absolute atomic E-state index is 0.0228. The number of benzene rings is 2. The van der Waals surface area contributed by atoms with Gasteiger partial charge < -0.3 is 10.0 Å². The number of hydrogen-bond acceptors (Lipinski definition) is 6. The van der Waals surface area contributed by atoms with Crippen LogP contribution in [0.5, 0.6) is 0 Å². The second-order valence-electron chi connectivity index (χ2n) is 7.02. The molecule has 1 aromatic heterocycles. The number of carbonyl (C=O) groups is 3. The van der Waals surface area contributed by atoms with Crippen LogP contribution in [0.4, 0.5) is 0 Å². The number of amides is 1. The Hall–Kier alpha value is -3.71. The molecule has 7 nitrogen and oxygen atoms in total. The smallest absolute Gasteiger partial charge is 0.254 e. The SMILES string of the molecule is CN(C(=O)c1ccc(-c2ccccc2)cc1)C(C(=O)CO)C(=O)CCc1ncccn1. The van der Waals surface area contributed by atoms with E-state index in [-0.39, 0.29) is 12.8 Å². The second-order valence-corrected chi connectivity index (χ2v) is 7.02. The molecule has 3 aromatic rings. The van der Waals surface area contributed by atoms with Crippen LogP contribution in [0.3, 0.4) is 0 Å². The average Bonchev–Trinajstić information content (AvgIpc) is 2.83. The van der Waals surface area contributed by atoms with E-state index in [0.717, 1.165) is 16.0 Å². The van der Waals surface area contributed by atoms with Crippen molar-refractivity contribution in [2.45, 2.75) is 18.9 Å². The summed E-state index contributed by atoms with van der Waals surface area (Å²) in [5.41, 5.74) is 2.31. The molecule has 0 spiro atoms. The van der Waals surface area contributed by atoms with Crippen LogP contribution in [-0.4, -0.2) is 57.1 Å². The summed E-state index contributed by atoms with van der Waals surface area (Å²) in [4.78, 5) is 47.2. The molecule has 0 aliphatic rings. The molecule has 1 unspecified atom stereocenters. The molecular weight excluding hydrogens is 394 g/mol. The lowest BCUT2D eigenvalue weighted by molar-refractivity contribution is -0.134. The van der Waals surface area contributed by atoms with Gasteiger partial charge in [-0.05, 0) is 29.3 Å². The second kappa shape index (κ2) is 10.4. The van der Waals surface area contributed by atoms with Crippen LogP contribution < -0.4 is 0 Å². The highest BCUT2D eigenvalue weighted by Crippen LogP contribution is 2.20. The lowest BCUT2D eigenvalue weighted by atomic mass is 10.00. The standard InChI is InChI=1S/C24H23N3O4/c1-27(23(21(30)16-28)20(29)12-13-22-25-14-5-15-26-22)24(31)19-10-8-18(9-11-19)17-6-3-2-4-7-17/h2-11,14-15,23,28H,12-13,16H2,1H3. The Morgan fingerprint density at radius 1 is 0.871 bits per heavy atom. The van der Waals surface area contributed by atoms with Gasteiger partial charge in [-0.1, -0.05) is 42.5 Å². The molecule has 1 heterocycles. The van der Waals surface area contributed by atoms with Crippen LogP contribution >= 0.6 is 0 Å². The van der Waals surface area contributed by atoms with Crippen molar-refractivity contribution in [2.24, 2.45) is 0 Å². The highest BCUT2D eigenvalue weighted by molar-refractivity contribution is 6.10. The number of hydrogen-bond donors (Lipinski definition) is 1. The average molecular weight is 417 g/mol. The number of aliphatic hydroxyl groups excluding tert-OH is 1. The van der Waals surface area contributed by atoms with Crippen LogP contribution in [-0.2, 0) is 16.0 Å². The molecule has 1 amide bonds. The van der Waals surface area contributed by atoms with Crippen molar-refractivity contribution in [3.63, 3.8) is 0 Å². The van der Waals surface area contributed by atoms with Crippen LogP contribution in [0.2, 0.25) is 0 Å². The predicted molar refractivity (Wildman–Crippen MR) is 115 cm³/mol. The Labute approximate surface area is 180 Å². The Morgan fingerprint density at radius 3 is 2.10 bits per heavy atom. The van der Waals surface area contributed by atoms with Gasteiger partial charge in [0.25, 0.3) is 5.91 Å². The van der Waals surface area contributed by atoms with E-state index in [9.17, 15) is 19.5 Å². The van der Waals surface area contributed by atoms with Gasteiger partial charge in [0, 0.05) is 37.8 Å². The maximum atomic E-state index is 12.9. The summed E-state index contributed by atoms with van der Waals surface area (Å²) in [7, 11) is 1.39. The van der Waals surface area contributed by atoms with Gasteiger partial charge in [-0.2, -0.15) is 0 Å². The number of aliphatic hydroxyl groups is 1. The zero-order valence-corrected chi connectivity index (χ0v) is 17.1. The van der Waals surface area contributed by atoms with Crippen molar-refractivity contribution in [1.82, 2.24) is 14.9 Å². The van der Waals surface area contributed by atoms with Crippen LogP contribution in [0.1, 0.15) is 22.6 Å². The number of Topliss-reactive ketones (excluding diaryl/α,β-unsaturated/α-hetero) is 2. The summed E-state index contributed by atoms with van der Waals surface area (Å²) in [6.45, 7) is -0.831. The van der Waals surface area contributed by atoms with Crippen molar-refractivity contribution in [3.8, 4) is 11.1 Å². The molecular formula is C24H23N3O4. The number of ketones is 2. The first-order valence-corrected chi connectivity index (χ1v) is 9.86. The number of nitrogens with zero attached hydrogens (tertiary/aromatic N) is 3. The van der Waals surface area contributed by atoms with E-state index in [1.165, 1.54) is 7.05 Å². The Balaban J connectivity index is 1.74. The molecule has 0 saturated carbocycles. The monoisotopic (exact) mass is 417 g/mol. The predicted octanol–water partition coefficient (Wildman–Crippen LogP) is 2.35. The van der Waals surface area contributed by atoms with Crippen molar-refractivity contribution in [2.75, 3.05) is 13.7 Å². The normalized spacial score (nSPS) is 11.5. The molecule has 1 N–H and O–H groups in total. The van der Waals surface area contributed by atoms with Gasteiger partial charge in [-0.3, -0.25) is 14.4 Å². The van der Waals surface area contributed by atoms with Gasteiger partial charge >= 0.3 is 0 Å². The summed E-state index contributed by atoms with van der Waals surface area (Å²) < 4.78 is 0. The lowest BCUT2D eigenvalue weighted by Crippen LogP contribution is -2.48. The molecule has 1 atom stereocenters. The molecule has 0 aliphatic carbocycles. The van der Waals surface area contributed by atoms with Crippen molar-refractivity contribution >= 4 is 17.5 Å². The van der Waals surface area contributed by atoms with Crippen LogP contribution in [0.15, 0.2) is 73.1 Å². The molecule has 31 heavy (non-hydrogen) atoms. The topological polar surface area (TPSA) is 100 Å². The summed E-state index contributed by atoms with van der Waals surface area (Å²) in [5, 5.41) is 9.34. The molecule has 7 heteroatoms. The third kappa shape index (κ3) is 5.46. The van der Waals surface area contributed by atoms with E-state index in [1.54, 1.807) is 30.6 Å². The molecule has 2 aromatic carbocycles. The minimum Gasteiger partial charge on any atom is -0.388 e. The zero-order chi connectivity index (χ0) is 22.2. The van der Waals surface area contributed by atoms with Gasteiger partial charge in [-0.15, -0.1) is 0 Å². The van der Waals surface area contributed by atoms with E-state index in [2.05, 4.69) is 9.97 Å². The minimum atomic E-state index is -1.37. The van der Waals surface area contributed by atoms with E-state index in [4.69, 9.17) is 0 Å². The van der Waals surface area contributed by atoms with Crippen LogP contribution in [0.25, 0.3) is 11.1 Å². The maximum absolute atomic E-state index is 12.9. The summed E-state index contributed by atoms with van der Waals surface area (Å²) in [5.74, 6) is -1.20. The first-order valence-electron chi connectivity index (χ1n) is 9.86. The summed E-state index contributed by atoms with van der Waals surface area (Å²) in [6.07, 6.45) is 3.35. The van der Waals surface area contributed by atoms with E-state index in [0.29, 0.717) is 11.4 Å². The Bertz CT molecular complexity index is 1040. The Morgan fingerprint density at radius 2 is 1.48 bits per heavy atom. The van der Waals surface area contributed by atoms with Gasteiger partial charge in [0.1, 0.15) is 12.4 Å². The maximum Gasteiger partial charge on any atom is 0.254 e. The molecule has 0 fully saturated rings.